The number of nitrogens with two attached hydrogens (primary N) is 1. The van der Waals surface area contributed by atoms with Gasteiger partial charge in [0.05, 0.1) is 12.9 Å². The highest BCUT2D eigenvalue weighted by Gasteiger charge is 1.98. The molecule has 1 aromatic heterocycles. The SMILES string of the molecule is Br.NC(=NCc1ccc(Br)cc1)SCCCc1cnc[nH]1. The van der Waals surface area contributed by atoms with Gasteiger partial charge in [-0.05, 0) is 30.5 Å². The van der Waals surface area contributed by atoms with Crippen LogP contribution in [0, 0.1) is 0 Å². The summed E-state index contributed by atoms with van der Waals surface area (Å²) >= 11 is 5.02. The highest BCUT2D eigenvalue weighted by molar-refractivity contribution is 9.10. The number of halogens is 2. The van der Waals surface area contributed by atoms with Gasteiger partial charge in [0.1, 0.15) is 0 Å². The van der Waals surface area contributed by atoms with Crippen LogP contribution in [0.4, 0.5) is 0 Å². The Morgan fingerprint density at radius 1 is 1.33 bits per heavy atom. The molecule has 1 heterocycles. The molecule has 0 fully saturated rings. The first-order valence-corrected chi connectivity index (χ1v) is 8.16. The van der Waals surface area contributed by atoms with Crippen LogP contribution in [0.15, 0.2) is 46.3 Å². The molecule has 0 bridgehead atoms. The molecular formula is C14H18Br2N4S. The summed E-state index contributed by atoms with van der Waals surface area (Å²) < 4.78 is 1.08. The Balaban J connectivity index is 0.00000220. The molecule has 7 heteroatoms. The quantitative estimate of drug-likeness (QED) is 0.412. The number of rotatable bonds is 6. The van der Waals surface area contributed by atoms with E-state index >= 15 is 0 Å². The van der Waals surface area contributed by atoms with Crippen LogP contribution < -0.4 is 5.73 Å². The van der Waals surface area contributed by atoms with Gasteiger partial charge in [0.15, 0.2) is 5.17 Å². The van der Waals surface area contributed by atoms with Gasteiger partial charge in [-0.2, -0.15) is 0 Å². The smallest absolute Gasteiger partial charge is 0.154 e. The average Bonchev–Trinajstić information content (AvgIpc) is 2.96. The Labute approximate surface area is 147 Å². The van der Waals surface area contributed by atoms with Crippen molar-refractivity contribution in [1.29, 1.82) is 0 Å². The van der Waals surface area contributed by atoms with Gasteiger partial charge in [-0.25, -0.2) is 4.98 Å². The Morgan fingerprint density at radius 2 is 2.10 bits per heavy atom. The van der Waals surface area contributed by atoms with Crippen molar-refractivity contribution < 1.29 is 0 Å². The molecule has 2 aromatic rings. The first-order chi connectivity index (χ1) is 9.74. The van der Waals surface area contributed by atoms with Gasteiger partial charge in [-0.15, -0.1) is 17.0 Å². The molecule has 0 spiro atoms. The monoisotopic (exact) mass is 432 g/mol. The molecule has 0 aliphatic heterocycles. The molecule has 0 radical (unpaired) electrons. The number of aryl methyl sites for hydroxylation is 1. The van der Waals surface area contributed by atoms with Crippen molar-refractivity contribution >= 4 is 49.8 Å². The van der Waals surface area contributed by atoms with E-state index in [4.69, 9.17) is 5.73 Å². The number of hydrogen-bond acceptors (Lipinski definition) is 3. The number of amidine groups is 1. The minimum Gasteiger partial charge on any atom is -0.379 e. The van der Waals surface area contributed by atoms with Crippen molar-refractivity contribution in [2.75, 3.05) is 5.75 Å². The fourth-order valence-corrected chi connectivity index (χ4v) is 2.58. The predicted molar refractivity (Wildman–Crippen MR) is 99.2 cm³/mol. The molecule has 3 N–H and O–H groups in total. The molecule has 0 amide bonds. The standard InChI is InChI=1S/C14H17BrN4S.BrH/c15-12-5-3-11(4-6-12)8-18-14(16)20-7-1-2-13-9-17-10-19-13;/h3-6,9-10H,1-2,7-8H2,(H2,16,18)(H,17,19);1H. The van der Waals surface area contributed by atoms with Crippen molar-refractivity contribution in [3.63, 3.8) is 0 Å². The molecule has 0 aliphatic rings. The van der Waals surface area contributed by atoms with Crippen molar-refractivity contribution in [2.24, 2.45) is 10.7 Å². The number of aromatic amines is 1. The van der Waals surface area contributed by atoms with Crippen LogP contribution in [0.3, 0.4) is 0 Å². The lowest BCUT2D eigenvalue weighted by Gasteiger charge is -2.01. The van der Waals surface area contributed by atoms with Crippen molar-refractivity contribution in [3.05, 3.63) is 52.5 Å². The highest BCUT2D eigenvalue weighted by atomic mass is 79.9. The van der Waals surface area contributed by atoms with Crippen molar-refractivity contribution in [2.45, 2.75) is 19.4 Å². The second kappa shape index (κ2) is 10.0. The number of nitrogens with one attached hydrogen (secondary N) is 1. The summed E-state index contributed by atoms with van der Waals surface area (Å²) in [6, 6.07) is 8.12. The van der Waals surface area contributed by atoms with E-state index in [0.717, 1.165) is 34.3 Å². The minimum atomic E-state index is 0. The molecule has 21 heavy (non-hydrogen) atoms. The topological polar surface area (TPSA) is 67.1 Å². The van der Waals surface area contributed by atoms with Crippen LogP contribution in [0.2, 0.25) is 0 Å². The summed E-state index contributed by atoms with van der Waals surface area (Å²) in [5.41, 5.74) is 8.22. The first kappa shape index (κ1) is 18.3. The van der Waals surface area contributed by atoms with Crippen LogP contribution in [-0.2, 0) is 13.0 Å². The maximum Gasteiger partial charge on any atom is 0.154 e. The molecular weight excluding hydrogens is 416 g/mol. The molecule has 4 nitrogen and oxygen atoms in total. The summed E-state index contributed by atoms with van der Waals surface area (Å²) in [7, 11) is 0. The van der Waals surface area contributed by atoms with Crippen molar-refractivity contribution in [3.8, 4) is 0 Å². The molecule has 0 saturated carbocycles. The molecule has 0 saturated heterocycles. The number of thioether (sulfide) groups is 1. The lowest BCUT2D eigenvalue weighted by molar-refractivity contribution is 0.903. The van der Waals surface area contributed by atoms with Crippen LogP contribution in [-0.4, -0.2) is 20.9 Å². The number of imidazole rings is 1. The third kappa shape index (κ3) is 7.15. The fourth-order valence-electron chi connectivity index (χ4n) is 1.67. The second-order valence-electron chi connectivity index (χ2n) is 4.31. The Hall–Kier alpha value is -0.790. The van der Waals surface area contributed by atoms with Gasteiger partial charge in [-0.3, -0.25) is 4.99 Å². The van der Waals surface area contributed by atoms with Gasteiger partial charge in [0.2, 0.25) is 0 Å². The summed E-state index contributed by atoms with van der Waals surface area (Å²) in [4.78, 5) is 11.5. The zero-order valence-corrected chi connectivity index (χ0v) is 15.6. The third-order valence-electron chi connectivity index (χ3n) is 2.73. The third-order valence-corrected chi connectivity index (χ3v) is 4.17. The van der Waals surface area contributed by atoms with Crippen LogP contribution in [0.1, 0.15) is 17.7 Å². The zero-order valence-electron chi connectivity index (χ0n) is 11.5. The Kier molecular flexibility index (Phi) is 8.72. The normalized spacial score (nSPS) is 11.2. The number of aliphatic imine (C=N–C) groups is 1. The zero-order chi connectivity index (χ0) is 14.2. The largest absolute Gasteiger partial charge is 0.379 e. The number of hydrogen-bond donors (Lipinski definition) is 2. The van der Waals surface area contributed by atoms with Gasteiger partial charge >= 0.3 is 0 Å². The Morgan fingerprint density at radius 3 is 2.76 bits per heavy atom. The van der Waals surface area contributed by atoms with Crippen LogP contribution in [0.5, 0.6) is 0 Å². The lowest BCUT2D eigenvalue weighted by Crippen LogP contribution is -2.08. The highest BCUT2D eigenvalue weighted by Crippen LogP contribution is 2.12. The first-order valence-electron chi connectivity index (χ1n) is 6.38. The number of nitrogens with zero attached hydrogens (tertiary/aromatic N) is 2. The van der Waals surface area contributed by atoms with Crippen LogP contribution >= 0.6 is 44.7 Å². The molecule has 1 aromatic carbocycles. The molecule has 0 aliphatic carbocycles. The van der Waals surface area contributed by atoms with Crippen LogP contribution in [0.25, 0.3) is 0 Å². The van der Waals surface area contributed by atoms with E-state index in [2.05, 4.69) is 30.9 Å². The van der Waals surface area contributed by atoms with E-state index in [9.17, 15) is 0 Å². The number of aromatic nitrogens is 2. The molecule has 2 rings (SSSR count). The van der Waals surface area contributed by atoms with Gasteiger partial charge < -0.3 is 10.7 Å². The maximum atomic E-state index is 5.89. The van der Waals surface area contributed by atoms with Gasteiger partial charge in [-0.1, -0.05) is 39.8 Å². The summed E-state index contributed by atoms with van der Waals surface area (Å²) in [6.45, 7) is 0.632. The summed E-state index contributed by atoms with van der Waals surface area (Å²) in [5, 5.41) is 0.650. The Bertz CT molecular complexity index is 541. The van der Waals surface area contributed by atoms with E-state index in [1.807, 2.05) is 30.5 Å². The van der Waals surface area contributed by atoms with E-state index in [1.165, 1.54) is 0 Å². The second-order valence-corrected chi connectivity index (χ2v) is 6.34. The van der Waals surface area contributed by atoms with Crippen molar-refractivity contribution in [1.82, 2.24) is 9.97 Å². The molecule has 0 unspecified atom stereocenters. The summed E-state index contributed by atoms with van der Waals surface area (Å²) in [6.07, 6.45) is 5.61. The number of H-pyrrole nitrogens is 1. The average molecular weight is 434 g/mol. The predicted octanol–water partition coefficient (Wildman–Crippen LogP) is 3.93. The van der Waals surface area contributed by atoms with E-state index in [1.54, 1.807) is 18.1 Å². The lowest BCUT2D eigenvalue weighted by atomic mass is 10.2. The minimum absolute atomic E-state index is 0. The van der Waals surface area contributed by atoms with Gasteiger partial charge in [0, 0.05) is 22.1 Å². The molecule has 114 valence electrons. The molecule has 0 atom stereocenters. The maximum absolute atomic E-state index is 5.89. The van der Waals surface area contributed by atoms with Gasteiger partial charge in [0.25, 0.3) is 0 Å². The number of benzene rings is 1. The summed E-state index contributed by atoms with van der Waals surface area (Å²) in [5.74, 6) is 0.967. The van der Waals surface area contributed by atoms with E-state index < -0.39 is 0 Å². The fraction of sp³-hybridized carbons (Fsp3) is 0.286. The van der Waals surface area contributed by atoms with E-state index in [0.29, 0.717) is 11.7 Å². The van der Waals surface area contributed by atoms with E-state index in [-0.39, 0.29) is 17.0 Å².